The third-order valence-corrected chi connectivity index (χ3v) is 4.28. The first-order valence-corrected chi connectivity index (χ1v) is 7.12. The lowest BCUT2D eigenvalue weighted by molar-refractivity contribution is -0.131. The molecule has 1 heterocycles. The molecule has 4 atom stereocenters. The van der Waals surface area contributed by atoms with Crippen molar-refractivity contribution in [3.05, 3.63) is 0 Å². The van der Waals surface area contributed by atoms with E-state index in [-0.39, 0.29) is 11.0 Å². The van der Waals surface area contributed by atoms with Crippen molar-refractivity contribution in [1.82, 2.24) is 5.32 Å². The molecule has 0 bridgehead atoms. The highest BCUT2D eigenvalue weighted by Gasteiger charge is 2.60. The van der Waals surface area contributed by atoms with Crippen molar-refractivity contribution >= 4 is 22.8 Å². The number of hydrogen-bond acceptors (Lipinski definition) is 5. The van der Waals surface area contributed by atoms with E-state index >= 15 is 0 Å². The number of carbonyl (C=O) groups excluding carboxylic acids is 2. The number of amides is 1. The number of rotatable bonds is 4. The van der Waals surface area contributed by atoms with E-state index in [0.29, 0.717) is 5.75 Å². The highest BCUT2D eigenvalue weighted by Crippen LogP contribution is 2.35. The summed E-state index contributed by atoms with van der Waals surface area (Å²) in [6, 6.07) is 0. The van der Waals surface area contributed by atoms with Crippen LogP contribution in [0.15, 0.2) is 0 Å². The molecule has 104 valence electrons. The van der Waals surface area contributed by atoms with Gasteiger partial charge in [0.25, 0.3) is 0 Å². The summed E-state index contributed by atoms with van der Waals surface area (Å²) in [5, 5.41) is 22.6. The predicted octanol–water partition coefficient (Wildman–Crippen LogP) is 0.149. The lowest BCUT2D eigenvalue weighted by atomic mass is 9.81. The zero-order valence-electron chi connectivity index (χ0n) is 11.1. The van der Waals surface area contributed by atoms with Crippen LogP contribution in [0.25, 0.3) is 0 Å². The first-order chi connectivity index (χ1) is 8.28. The topological polar surface area (TPSA) is 86.6 Å². The molecule has 0 aromatic rings. The van der Waals surface area contributed by atoms with Gasteiger partial charge >= 0.3 is 0 Å². The van der Waals surface area contributed by atoms with Gasteiger partial charge in [-0.25, -0.2) is 0 Å². The largest absolute Gasteiger partial charge is 0.390 e. The molecule has 1 saturated heterocycles. The van der Waals surface area contributed by atoms with Crippen LogP contribution < -0.4 is 5.32 Å². The molecule has 0 spiro atoms. The van der Waals surface area contributed by atoms with Crippen LogP contribution in [0.1, 0.15) is 27.7 Å². The maximum Gasteiger partial charge on any atom is 0.226 e. The van der Waals surface area contributed by atoms with Gasteiger partial charge in [-0.15, -0.1) is 0 Å². The molecule has 0 aromatic carbocycles. The Kier molecular flexibility index (Phi) is 4.80. The lowest BCUT2D eigenvalue weighted by Crippen LogP contribution is -2.64. The summed E-state index contributed by atoms with van der Waals surface area (Å²) in [5.41, 5.74) is -1.58. The van der Waals surface area contributed by atoms with E-state index in [4.69, 9.17) is 0 Å². The summed E-state index contributed by atoms with van der Waals surface area (Å²) in [7, 11) is 0. The summed E-state index contributed by atoms with van der Waals surface area (Å²) >= 11 is 1.01. The molecule has 1 rings (SSSR count). The molecule has 3 N–H and O–H groups in total. The third kappa shape index (κ3) is 2.29. The summed E-state index contributed by atoms with van der Waals surface area (Å²) in [5.74, 6) is -0.804. The molecule has 1 fully saturated rings. The molecule has 1 amide bonds. The minimum absolute atomic E-state index is 0.244. The first kappa shape index (κ1) is 15.5. The summed E-state index contributed by atoms with van der Waals surface area (Å²) in [4.78, 5) is 23.9. The van der Waals surface area contributed by atoms with E-state index in [2.05, 4.69) is 5.32 Å². The Morgan fingerprint density at radius 1 is 1.56 bits per heavy atom. The number of thioether (sulfide) groups is 1. The Hall–Kier alpha value is -0.590. The van der Waals surface area contributed by atoms with Gasteiger partial charge in [0.15, 0.2) is 5.54 Å². The van der Waals surface area contributed by atoms with Gasteiger partial charge in [-0.2, -0.15) is 0 Å². The Balaban J connectivity index is 3.18. The van der Waals surface area contributed by atoms with Crippen LogP contribution in [0.3, 0.4) is 0 Å². The first-order valence-electron chi connectivity index (χ1n) is 6.14. The van der Waals surface area contributed by atoms with Crippen molar-refractivity contribution in [2.24, 2.45) is 11.8 Å². The SMILES string of the molecule is CCSC(=O)[C@]1([C@@H](O)C(C)C)NC(=O)[C@H](C)[C@@H]1O. The van der Waals surface area contributed by atoms with Crippen molar-refractivity contribution < 1.29 is 19.8 Å². The van der Waals surface area contributed by atoms with Crippen molar-refractivity contribution in [2.75, 3.05) is 5.75 Å². The smallest absolute Gasteiger partial charge is 0.226 e. The van der Waals surface area contributed by atoms with Crippen LogP contribution >= 0.6 is 11.8 Å². The van der Waals surface area contributed by atoms with Crippen molar-refractivity contribution in [3.8, 4) is 0 Å². The second-order valence-corrected chi connectivity index (χ2v) is 6.24. The fraction of sp³-hybridized carbons (Fsp3) is 0.833. The fourth-order valence-corrected chi connectivity index (χ4v) is 3.04. The fourth-order valence-electron chi connectivity index (χ4n) is 2.25. The molecule has 0 radical (unpaired) electrons. The average molecular weight is 275 g/mol. The van der Waals surface area contributed by atoms with Gasteiger partial charge in [-0.05, 0) is 11.7 Å². The normalized spacial score (nSPS) is 33.6. The van der Waals surface area contributed by atoms with Crippen LogP contribution in [0, 0.1) is 11.8 Å². The zero-order valence-corrected chi connectivity index (χ0v) is 12.0. The van der Waals surface area contributed by atoms with E-state index in [1.807, 2.05) is 6.92 Å². The standard InChI is InChI=1S/C12H21NO4S/c1-5-18-11(17)12(8(14)6(2)3)9(15)7(4)10(16)13-12/h6-9,14-15H,5H2,1-4H3,(H,13,16)/t7-,8+,9+,12-/m1/s1. The Labute approximate surface area is 111 Å². The van der Waals surface area contributed by atoms with Crippen LogP contribution in [-0.4, -0.2) is 44.7 Å². The minimum Gasteiger partial charge on any atom is -0.390 e. The second kappa shape index (κ2) is 5.59. The summed E-state index contributed by atoms with van der Waals surface area (Å²) in [6.07, 6.45) is -2.30. The third-order valence-electron chi connectivity index (χ3n) is 3.39. The summed E-state index contributed by atoms with van der Waals surface area (Å²) in [6.45, 7) is 6.86. The Morgan fingerprint density at radius 2 is 2.11 bits per heavy atom. The Bertz CT molecular complexity index is 347. The van der Waals surface area contributed by atoms with E-state index in [0.717, 1.165) is 11.8 Å². The van der Waals surface area contributed by atoms with Gasteiger partial charge < -0.3 is 15.5 Å². The molecule has 0 aromatic heterocycles. The van der Waals surface area contributed by atoms with Gasteiger partial charge in [0, 0.05) is 0 Å². The number of hydrogen-bond donors (Lipinski definition) is 3. The highest BCUT2D eigenvalue weighted by atomic mass is 32.2. The molecular formula is C12H21NO4S. The molecule has 6 heteroatoms. The molecule has 1 aliphatic rings. The van der Waals surface area contributed by atoms with Crippen LogP contribution in [0.5, 0.6) is 0 Å². The maximum absolute atomic E-state index is 12.2. The minimum atomic E-state index is -1.58. The zero-order chi connectivity index (χ0) is 14.1. The monoisotopic (exact) mass is 275 g/mol. The summed E-state index contributed by atoms with van der Waals surface area (Å²) < 4.78 is 0. The molecule has 0 saturated carbocycles. The van der Waals surface area contributed by atoms with Gasteiger partial charge in [0.05, 0.1) is 18.1 Å². The quantitative estimate of drug-likeness (QED) is 0.680. The lowest BCUT2D eigenvalue weighted by Gasteiger charge is -2.37. The molecule has 0 unspecified atom stereocenters. The van der Waals surface area contributed by atoms with E-state index in [9.17, 15) is 19.8 Å². The van der Waals surface area contributed by atoms with Gasteiger partial charge in [0.1, 0.15) is 0 Å². The van der Waals surface area contributed by atoms with Gasteiger partial charge in [-0.1, -0.05) is 39.5 Å². The second-order valence-electron chi connectivity index (χ2n) is 5.00. The predicted molar refractivity (Wildman–Crippen MR) is 70.0 cm³/mol. The molecular weight excluding hydrogens is 254 g/mol. The number of nitrogens with one attached hydrogen (secondary N) is 1. The van der Waals surface area contributed by atoms with Crippen LogP contribution in [0.4, 0.5) is 0 Å². The maximum atomic E-state index is 12.2. The van der Waals surface area contributed by atoms with Crippen LogP contribution in [0.2, 0.25) is 0 Å². The van der Waals surface area contributed by atoms with E-state index in [1.54, 1.807) is 20.8 Å². The molecule has 5 nitrogen and oxygen atoms in total. The molecule has 0 aliphatic carbocycles. The van der Waals surface area contributed by atoms with Crippen LogP contribution in [-0.2, 0) is 9.59 Å². The van der Waals surface area contributed by atoms with E-state index < -0.39 is 29.6 Å². The number of aliphatic hydroxyl groups excluding tert-OH is 2. The molecule has 18 heavy (non-hydrogen) atoms. The van der Waals surface area contributed by atoms with E-state index in [1.165, 1.54) is 0 Å². The molecule has 1 aliphatic heterocycles. The Morgan fingerprint density at radius 3 is 2.44 bits per heavy atom. The van der Waals surface area contributed by atoms with Gasteiger partial charge in [-0.3, -0.25) is 9.59 Å². The van der Waals surface area contributed by atoms with Crippen molar-refractivity contribution in [3.63, 3.8) is 0 Å². The average Bonchev–Trinajstić information content (AvgIpc) is 2.54. The number of carbonyl (C=O) groups is 2. The highest BCUT2D eigenvalue weighted by molar-refractivity contribution is 8.13. The number of aliphatic hydroxyl groups is 2. The van der Waals surface area contributed by atoms with Crippen molar-refractivity contribution in [1.29, 1.82) is 0 Å². The van der Waals surface area contributed by atoms with Gasteiger partial charge in [0.2, 0.25) is 11.0 Å². The van der Waals surface area contributed by atoms with Crippen molar-refractivity contribution in [2.45, 2.75) is 45.4 Å².